The minimum Gasteiger partial charge on any atom is -0.481 e. The molecule has 8 heteroatoms. The van der Waals surface area contributed by atoms with Crippen molar-refractivity contribution in [1.29, 1.82) is 0 Å². The highest BCUT2D eigenvalue weighted by Gasteiger charge is 2.79. The average molecular weight is 533 g/mol. The number of aryl methyl sites for hydroxylation is 2. The summed E-state index contributed by atoms with van der Waals surface area (Å²) in [4.78, 5) is 44.8. The van der Waals surface area contributed by atoms with Gasteiger partial charge in [0.05, 0.1) is 24.2 Å². The van der Waals surface area contributed by atoms with E-state index >= 15 is 0 Å². The number of aliphatic hydroxyl groups excluding tert-OH is 1. The molecule has 0 aromatic heterocycles. The molecule has 2 amide bonds. The van der Waals surface area contributed by atoms with Gasteiger partial charge in [0.1, 0.15) is 17.6 Å². The molecule has 3 fully saturated rings. The highest BCUT2D eigenvalue weighted by molar-refractivity contribution is 6.05. The van der Waals surface area contributed by atoms with Crippen LogP contribution in [0.4, 0.5) is 5.69 Å². The first-order valence-electron chi connectivity index (χ1n) is 13.6. The molecule has 206 valence electrons. The van der Waals surface area contributed by atoms with Crippen LogP contribution in [-0.2, 0) is 19.1 Å². The molecule has 3 saturated heterocycles. The van der Waals surface area contributed by atoms with E-state index in [0.29, 0.717) is 30.5 Å². The van der Waals surface area contributed by atoms with E-state index in [9.17, 15) is 24.6 Å². The molecule has 3 aliphatic heterocycles. The maximum absolute atomic E-state index is 14.8. The molecule has 3 heterocycles. The number of aliphatic carboxylic acids is 1. The first-order valence-corrected chi connectivity index (χ1v) is 13.6. The smallest absolute Gasteiger partial charge is 0.310 e. The van der Waals surface area contributed by atoms with Crippen LogP contribution in [0.25, 0.3) is 0 Å². The summed E-state index contributed by atoms with van der Waals surface area (Å²) >= 11 is 0. The number of fused-ring (bicyclic) bond motifs is 1. The van der Waals surface area contributed by atoms with Crippen LogP contribution in [0.2, 0.25) is 0 Å². The number of anilines is 1. The highest BCUT2D eigenvalue weighted by atomic mass is 16.5. The second-order valence-corrected chi connectivity index (χ2v) is 11.1. The number of carbonyl (C=O) groups excluding carboxylic acids is 2. The maximum Gasteiger partial charge on any atom is 0.310 e. The lowest BCUT2D eigenvalue weighted by Gasteiger charge is -2.40. The number of likely N-dealkylation sites (tertiary alicyclic amines) is 1. The third kappa shape index (κ3) is 3.92. The van der Waals surface area contributed by atoms with Crippen molar-refractivity contribution in [2.24, 2.45) is 11.8 Å². The van der Waals surface area contributed by atoms with Gasteiger partial charge in [-0.1, -0.05) is 55.5 Å². The molecule has 0 aliphatic carbocycles. The lowest BCUT2D eigenvalue weighted by Crippen LogP contribution is -2.57. The molecule has 6 atom stereocenters. The largest absolute Gasteiger partial charge is 0.481 e. The predicted molar refractivity (Wildman–Crippen MR) is 146 cm³/mol. The van der Waals surface area contributed by atoms with Crippen LogP contribution in [0.5, 0.6) is 0 Å². The van der Waals surface area contributed by atoms with Gasteiger partial charge in [-0.25, -0.2) is 0 Å². The molecule has 2 N–H and O–H groups in total. The first kappa shape index (κ1) is 27.1. The van der Waals surface area contributed by atoms with Gasteiger partial charge < -0.3 is 24.7 Å². The lowest BCUT2D eigenvalue weighted by atomic mass is 9.65. The number of nitrogens with zero attached hydrogens (tertiary/aromatic N) is 2. The van der Waals surface area contributed by atoms with E-state index in [-0.39, 0.29) is 12.5 Å². The van der Waals surface area contributed by atoms with Gasteiger partial charge in [0, 0.05) is 12.2 Å². The van der Waals surface area contributed by atoms with Crippen molar-refractivity contribution in [2.45, 2.75) is 63.3 Å². The Kier molecular flexibility index (Phi) is 6.89. The number of aliphatic hydroxyl groups is 1. The van der Waals surface area contributed by atoms with Gasteiger partial charge >= 0.3 is 5.97 Å². The summed E-state index contributed by atoms with van der Waals surface area (Å²) in [7, 11) is 0. The third-order valence-electron chi connectivity index (χ3n) is 9.04. The van der Waals surface area contributed by atoms with Gasteiger partial charge in [0.15, 0.2) is 0 Å². The highest BCUT2D eigenvalue weighted by Crippen LogP contribution is 2.65. The molecule has 2 aromatic rings. The van der Waals surface area contributed by atoms with Crippen molar-refractivity contribution in [3.63, 3.8) is 0 Å². The number of amides is 2. The maximum atomic E-state index is 14.8. The Balaban J connectivity index is 1.70. The van der Waals surface area contributed by atoms with E-state index < -0.39 is 53.6 Å². The molecular formula is C31H36N2O6. The van der Waals surface area contributed by atoms with Crippen LogP contribution >= 0.6 is 0 Å². The van der Waals surface area contributed by atoms with E-state index in [1.165, 1.54) is 4.90 Å². The summed E-state index contributed by atoms with van der Waals surface area (Å²) < 4.78 is 6.68. The van der Waals surface area contributed by atoms with Crippen molar-refractivity contribution in [3.05, 3.63) is 77.9 Å². The van der Waals surface area contributed by atoms with Gasteiger partial charge in [0.25, 0.3) is 5.91 Å². The van der Waals surface area contributed by atoms with Crippen molar-refractivity contribution in [3.8, 4) is 0 Å². The molecule has 3 aliphatic rings. The Morgan fingerprint density at radius 1 is 1.21 bits per heavy atom. The molecule has 2 aromatic carbocycles. The van der Waals surface area contributed by atoms with Crippen LogP contribution in [0.1, 0.15) is 48.9 Å². The van der Waals surface area contributed by atoms with Gasteiger partial charge in [-0.3, -0.25) is 14.4 Å². The molecule has 39 heavy (non-hydrogen) atoms. The molecule has 0 saturated carbocycles. The number of hydrogen-bond donors (Lipinski definition) is 2. The van der Waals surface area contributed by atoms with E-state index in [1.807, 2.05) is 57.2 Å². The fraction of sp³-hybridized carbons (Fsp3) is 0.452. The average Bonchev–Trinajstić information content (AvgIpc) is 3.53. The van der Waals surface area contributed by atoms with Crippen LogP contribution in [0.15, 0.2) is 61.2 Å². The topological polar surface area (TPSA) is 107 Å². The quantitative estimate of drug-likeness (QED) is 0.476. The van der Waals surface area contributed by atoms with Crippen LogP contribution in [-0.4, -0.2) is 63.3 Å². The van der Waals surface area contributed by atoms with Gasteiger partial charge in [-0.2, -0.15) is 0 Å². The van der Waals surface area contributed by atoms with E-state index in [2.05, 4.69) is 6.58 Å². The molecule has 2 bridgehead atoms. The minimum absolute atomic E-state index is 0.193. The second kappa shape index (κ2) is 9.92. The molecule has 1 spiro atoms. The molecule has 8 nitrogen and oxygen atoms in total. The summed E-state index contributed by atoms with van der Waals surface area (Å²) in [5.74, 6) is -4.03. The van der Waals surface area contributed by atoms with Gasteiger partial charge in [0.2, 0.25) is 5.91 Å². The lowest BCUT2D eigenvalue weighted by molar-refractivity contribution is -0.157. The Morgan fingerprint density at radius 2 is 1.92 bits per heavy atom. The number of carboxylic acid groups (broad SMARTS) is 1. The number of ether oxygens (including phenoxy) is 1. The normalized spacial score (nSPS) is 29.8. The van der Waals surface area contributed by atoms with Crippen LogP contribution in [0, 0.1) is 25.7 Å². The molecule has 0 radical (unpaired) electrons. The monoisotopic (exact) mass is 532 g/mol. The summed E-state index contributed by atoms with van der Waals surface area (Å²) in [6.07, 6.45) is 2.89. The Morgan fingerprint density at radius 3 is 2.54 bits per heavy atom. The first-order chi connectivity index (χ1) is 18.7. The zero-order valence-electron chi connectivity index (χ0n) is 22.7. The molecule has 2 unspecified atom stereocenters. The molecule has 5 rings (SSSR count). The van der Waals surface area contributed by atoms with E-state index in [0.717, 1.165) is 11.1 Å². The zero-order valence-corrected chi connectivity index (χ0v) is 22.7. The number of benzene rings is 2. The number of hydrogen-bond acceptors (Lipinski definition) is 5. The zero-order chi connectivity index (χ0) is 28.1. The molecular weight excluding hydrogens is 496 g/mol. The van der Waals surface area contributed by atoms with Crippen LogP contribution in [0.3, 0.4) is 0 Å². The number of carboxylic acids is 1. The fourth-order valence-corrected chi connectivity index (χ4v) is 7.27. The summed E-state index contributed by atoms with van der Waals surface area (Å²) in [6.45, 7) is 9.37. The van der Waals surface area contributed by atoms with Crippen molar-refractivity contribution in [1.82, 2.24) is 4.90 Å². The van der Waals surface area contributed by atoms with E-state index in [1.54, 1.807) is 23.1 Å². The Hall–Kier alpha value is -3.49. The summed E-state index contributed by atoms with van der Waals surface area (Å²) in [5.41, 5.74) is 0.885. The van der Waals surface area contributed by atoms with Crippen molar-refractivity contribution in [2.75, 3.05) is 18.1 Å². The van der Waals surface area contributed by atoms with Crippen molar-refractivity contribution < 1.29 is 29.3 Å². The second-order valence-electron chi connectivity index (χ2n) is 11.1. The van der Waals surface area contributed by atoms with Crippen molar-refractivity contribution >= 4 is 23.5 Å². The van der Waals surface area contributed by atoms with Crippen LogP contribution < -0.4 is 4.90 Å². The Bertz CT molecular complexity index is 1310. The Labute approximate surface area is 228 Å². The number of rotatable bonds is 9. The fourth-order valence-electron chi connectivity index (χ4n) is 7.27. The third-order valence-corrected chi connectivity index (χ3v) is 9.04. The SMILES string of the molecule is C=CCN(C(=O)C1N([C@H](CO)c2ccccc2)C(=O)[C@@H]2[C@H](C(=O)O)[C@]3(CC)CCC12O3)c1cc(C)ccc1C. The standard InChI is InChI=1S/C31H36N2O6/c1-5-16-32(22-17-19(3)12-13-20(22)4)28(36)26-31-15-14-30(6-2,39-31)25(29(37)38)24(31)27(35)33(26)23(18-34)21-10-8-7-9-11-21/h5,7-13,17,23-26,34H,1,6,14-16,18H2,2-4H3,(H,37,38)/t23-,24+,25-,26?,30+,31?/m1/s1. The predicted octanol–water partition coefficient (Wildman–Crippen LogP) is 3.80. The summed E-state index contributed by atoms with van der Waals surface area (Å²) in [6, 6.07) is 12.9. The van der Waals surface area contributed by atoms with E-state index in [4.69, 9.17) is 4.74 Å². The van der Waals surface area contributed by atoms with Gasteiger partial charge in [-0.05, 0) is 55.9 Å². The summed E-state index contributed by atoms with van der Waals surface area (Å²) in [5, 5.41) is 21.0. The number of carbonyl (C=O) groups is 3. The van der Waals surface area contributed by atoms with Gasteiger partial charge in [-0.15, -0.1) is 6.58 Å². The minimum atomic E-state index is -1.31.